The molecule has 0 aromatic rings. The maximum Gasteiger partial charge on any atom is 0.161 e. The Morgan fingerprint density at radius 3 is 1.41 bits per heavy atom. The molecule has 0 saturated heterocycles. The van der Waals surface area contributed by atoms with Crippen LogP contribution in [-0.2, 0) is 14.2 Å². The molecule has 0 radical (unpaired) electrons. The number of halogens is 2. The largest absolute Gasteiger partial charge is 0.353 e. The first-order valence-electron chi connectivity index (χ1n) is 10.6. The lowest BCUT2D eigenvalue weighted by atomic mass is 10.2. The molecule has 0 amide bonds. The summed E-state index contributed by atoms with van der Waals surface area (Å²) in [6, 6.07) is 0. The average Bonchev–Trinajstić information content (AvgIpc) is 2.66. The second-order valence-electron chi connectivity index (χ2n) is 6.37. The number of unbranched alkanes of at least 4 members (excludes halogenated alkanes) is 4. The van der Waals surface area contributed by atoms with Gasteiger partial charge in [0.1, 0.15) is 0 Å². The van der Waals surface area contributed by atoms with Gasteiger partial charge in [-0.3, -0.25) is 0 Å². The summed E-state index contributed by atoms with van der Waals surface area (Å²) in [4.78, 5) is 0. The molecule has 5 heteroatoms. The molecule has 0 aromatic heterocycles. The molecule has 0 saturated carbocycles. The molecule has 2 unspecified atom stereocenters. The maximum absolute atomic E-state index is 6.07. The highest BCUT2D eigenvalue weighted by Crippen LogP contribution is 2.14. The van der Waals surface area contributed by atoms with Gasteiger partial charge in [-0.25, -0.2) is 0 Å². The molecular formula is C22H40Cl2O3. The smallest absolute Gasteiger partial charge is 0.161 e. The highest BCUT2D eigenvalue weighted by atomic mass is 35.5. The molecule has 0 rings (SSSR count). The van der Waals surface area contributed by atoms with E-state index in [1.54, 1.807) is 0 Å². The molecule has 0 bridgehead atoms. The Bertz CT molecular complexity index is 316. The van der Waals surface area contributed by atoms with Crippen molar-refractivity contribution in [2.75, 3.05) is 25.0 Å². The molecule has 0 spiro atoms. The molecule has 27 heavy (non-hydrogen) atoms. The van der Waals surface area contributed by atoms with Crippen LogP contribution >= 0.6 is 23.2 Å². The molecule has 0 heterocycles. The van der Waals surface area contributed by atoms with E-state index in [0.29, 0.717) is 13.2 Å². The maximum atomic E-state index is 6.07. The Morgan fingerprint density at radius 1 is 0.630 bits per heavy atom. The topological polar surface area (TPSA) is 27.7 Å². The van der Waals surface area contributed by atoms with E-state index in [1.165, 1.54) is 0 Å². The highest BCUT2D eigenvalue weighted by molar-refractivity contribution is 6.18. The fraction of sp³-hybridized carbons (Fsp3) is 0.818. The molecule has 2 atom stereocenters. The van der Waals surface area contributed by atoms with Gasteiger partial charge in [0, 0.05) is 37.8 Å². The van der Waals surface area contributed by atoms with Crippen LogP contribution in [0.4, 0.5) is 0 Å². The monoisotopic (exact) mass is 422 g/mol. The van der Waals surface area contributed by atoms with E-state index in [9.17, 15) is 0 Å². The molecule has 3 nitrogen and oxygen atoms in total. The molecule has 0 fully saturated rings. The first-order valence-corrected chi connectivity index (χ1v) is 11.7. The van der Waals surface area contributed by atoms with Crippen molar-refractivity contribution in [1.82, 2.24) is 0 Å². The van der Waals surface area contributed by atoms with Gasteiger partial charge in [0.05, 0.1) is 0 Å². The predicted octanol–water partition coefficient (Wildman–Crippen LogP) is 7.22. The lowest BCUT2D eigenvalue weighted by Gasteiger charge is -2.24. The lowest BCUT2D eigenvalue weighted by Crippen LogP contribution is -2.27. The predicted molar refractivity (Wildman–Crippen MR) is 118 cm³/mol. The fourth-order valence-corrected chi connectivity index (χ4v) is 2.95. The van der Waals surface area contributed by atoms with Crippen molar-refractivity contribution in [3.63, 3.8) is 0 Å². The van der Waals surface area contributed by atoms with Gasteiger partial charge in [0.2, 0.25) is 0 Å². The minimum atomic E-state index is -0.216. The summed E-state index contributed by atoms with van der Waals surface area (Å²) in [6.07, 6.45) is 18.7. The standard InChI is InChI=1S/C22H40Cl2O3/c1-3-25-21(17-13-9-5-7-11-15-19-23)27-22(26-4-2)18-14-10-6-8-12-16-20-24/h5-6,9-10,21-22H,3-4,7-8,11-20H2,1-2H3. The van der Waals surface area contributed by atoms with E-state index < -0.39 is 0 Å². The van der Waals surface area contributed by atoms with Gasteiger partial charge in [-0.2, -0.15) is 0 Å². The summed E-state index contributed by atoms with van der Waals surface area (Å²) in [6.45, 7) is 5.28. The number of rotatable bonds is 20. The van der Waals surface area contributed by atoms with E-state index in [2.05, 4.69) is 24.3 Å². The Labute approximate surface area is 177 Å². The van der Waals surface area contributed by atoms with E-state index in [-0.39, 0.29) is 12.6 Å². The molecule has 0 aromatic carbocycles. The summed E-state index contributed by atoms with van der Waals surface area (Å²) in [5.41, 5.74) is 0. The quantitative estimate of drug-likeness (QED) is 0.0895. The van der Waals surface area contributed by atoms with Gasteiger partial charge in [-0.1, -0.05) is 24.3 Å². The van der Waals surface area contributed by atoms with Crippen LogP contribution in [0.2, 0.25) is 0 Å². The third kappa shape index (κ3) is 19.0. The van der Waals surface area contributed by atoms with Crippen LogP contribution in [0, 0.1) is 0 Å². The van der Waals surface area contributed by atoms with Crippen molar-refractivity contribution >= 4 is 23.2 Å². The number of allylic oxidation sites excluding steroid dienone is 4. The van der Waals surface area contributed by atoms with Crippen LogP contribution in [0.1, 0.15) is 78.1 Å². The van der Waals surface area contributed by atoms with E-state index in [4.69, 9.17) is 37.4 Å². The van der Waals surface area contributed by atoms with Crippen molar-refractivity contribution < 1.29 is 14.2 Å². The molecular weight excluding hydrogens is 383 g/mol. The van der Waals surface area contributed by atoms with Gasteiger partial charge in [-0.05, 0) is 65.2 Å². The average molecular weight is 423 g/mol. The van der Waals surface area contributed by atoms with Crippen molar-refractivity contribution in [3.05, 3.63) is 24.3 Å². The number of hydrogen-bond acceptors (Lipinski definition) is 3. The molecule has 0 aliphatic rings. The minimum absolute atomic E-state index is 0.216. The summed E-state index contributed by atoms with van der Waals surface area (Å²) in [5.74, 6) is 1.49. The van der Waals surface area contributed by atoms with Gasteiger partial charge in [-0.15, -0.1) is 23.2 Å². The van der Waals surface area contributed by atoms with Crippen molar-refractivity contribution in [2.45, 2.75) is 90.6 Å². The molecule has 0 aliphatic heterocycles. The second kappa shape index (κ2) is 22.2. The summed E-state index contributed by atoms with van der Waals surface area (Å²) in [5, 5.41) is 0. The number of hydrogen-bond donors (Lipinski definition) is 0. The Kier molecular flexibility index (Phi) is 22.2. The van der Waals surface area contributed by atoms with E-state index in [0.717, 1.165) is 76.0 Å². The highest BCUT2D eigenvalue weighted by Gasteiger charge is 2.16. The van der Waals surface area contributed by atoms with Crippen LogP contribution < -0.4 is 0 Å². The summed E-state index contributed by atoms with van der Waals surface area (Å²) >= 11 is 11.4. The lowest BCUT2D eigenvalue weighted by molar-refractivity contribution is -0.246. The van der Waals surface area contributed by atoms with E-state index >= 15 is 0 Å². The zero-order chi connectivity index (χ0) is 20.0. The van der Waals surface area contributed by atoms with Gasteiger partial charge >= 0.3 is 0 Å². The third-order valence-corrected chi connectivity index (χ3v) is 4.52. The van der Waals surface area contributed by atoms with Crippen LogP contribution in [0.15, 0.2) is 24.3 Å². The minimum Gasteiger partial charge on any atom is -0.353 e. The van der Waals surface area contributed by atoms with E-state index in [1.807, 2.05) is 13.8 Å². The van der Waals surface area contributed by atoms with Gasteiger partial charge < -0.3 is 14.2 Å². The van der Waals surface area contributed by atoms with Crippen LogP contribution in [-0.4, -0.2) is 37.6 Å². The summed E-state index contributed by atoms with van der Waals surface area (Å²) < 4.78 is 17.6. The Hall–Kier alpha value is -0.0600. The first-order chi connectivity index (χ1) is 13.3. The van der Waals surface area contributed by atoms with Gasteiger partial charge in [0.15, 0.2) is 12.6 Å². The fourth-order valence-electron chi connectivity index (χ4n) is 2.57. The zero-order valence-electron chi connectivity index (χ0n) is 17.3. The van der Waals surface area contributed by atoms with Crippen LogP contribution in [0.25, 0.3) is 0 Å². The van der Waals surface area contributed by atoms with Crippen LogP contribution in [0.3, 0.4) is 0 Å². The molecule has 0 aliphatic carbocycles. The van der Waals surface area contributed by atoms with Crippen LogP contribution in [0.5, 0.6) is 0 Å². The summed E-state index contributed by atoms with van der Waals surface area (Å²) in [7, 11) is 0. The Balaban J connectivity index is 4.15. The normalized spacial score (nSPS) is 14.4. The third-order valence-electron chi connectivity index (χ3n) is 3.99. The van der Waals surface area contributed by atoms with Crippen molar-refractivity contribution in [2.24, 2.45) is 0 Å². The van der Waals surface area contributed by atoms with Crippen molar-refractivity contribution in [3.8, 4) is 0 Å². The second-order valence-corrected chi connectivity index (χ2v) is 7.13. The van der Waals surface area contributed by atoms with Gasteiger partial charge in [0.25, 0.3) is 0 Å². The SMILES string of the molecule is CCOC(CCC=CCCCCCl)OC(CCC=CCCCCCl)OCC. The van der Waals surface area contributed by atoms with Crippen molar-refractivity contribution in [1.29, 1.82) is 0 Å². The molecule has 0 N–H and O–H groups in total. The Morgan fingerprint density at radius 2 is 1.04 bits per heavy atom. The number of ether oxygens (including phenoxy) is 3. The molecule has 160 valence electrons. The number of alkyl halides is 2. The zero-order valence-corrected chi connectivity index (χ0v) is 18.9. The first kappa shape index (κ1) is 26.9.